The van der Waals surface area contributed by atoms with Gasteiger partial charge in [-0.3, -0.25) is 4.79 Å². The van der Waals surface area contributed by atoms with Crippen LogP contribution in [0.15, 0.2) is 22.7 Å². The zero-order chi connectivity index (χ0) is 14.5. The van der Waals surface area contributed by atoms with Gasteiger partial charge in [0.25, 0.3) is 0 Å². The quantitative estimate of drug-likeness (QED) is 0.828. The van der Waals surface area contributed by atoms with E-state index in [-0.39, 0.29) is 5.91 Å². The van der Waals surface area contributed by atoms with Gasteiger partial charge in [-0.1, -0.05) is 15.9 Å². The number of nitrogens with one attached hydrogen (secondary N) is 1. The Balaban J connectivity index is 1.87. The lowest BCUT2D eigenvalue weighted by atomic mass is 10.2. The van der Waals surface area contributed by atoms with E-state index >= 15 is 0 Å². The second-order valence-corrected chi connectivity index (χ2v) is 6.20. The molecule has 1 aromatic carbocycles. The van der Waals surface area contributed by atoms with Crippen LogP contribution >= 0.6 is 15.9 Å². The van der Waals surface area contributed by atoms with Crippen molar-refractivity contribution in [2.24, 2.45) is 5.92 Å². The van der Waals surface area contributed by atoms with Crippen molar-refractivity contribution in [1.82, 2.24) is 10.2 Å². The summed E-state index contributed by atoms with van der Waals surface area (Å²) < 4.78 is 6.31. The van der Waals surface area contributed by atoms with Crippen LogP contribution in [0, 0.1) is 5.92 Å². The minimum atomic E-state index is 0.104. The SMILES string of the molecule is COc1ccc(Br)cc1CN(C)C(=O)CNCC1CC1. The number of likely N-dealkylation sites (N-methyl/N-ethyl adjacent to an activating group) is 1. The van der Waals surface area contributed by atoms with Crippen LogP contribution in [-0.4, -0.2) is 38.1 Å². The lowest BCUT2D eigenvalue weighted by Crippen LogP contribution is -2.35. The van der Waals surface area contributed by atoms with Crippen LogP contribution in [0.4, 0.5) is 0 Å². The Morgan fingerprint density at radius 3 is 2.90 bits per heavy atom. The Bertz CT molecular complexity index is 475. The number of carbonyl (C=O) groups is 1. The lowest BCUT2D eigenvalue weighted by Gasteiger charge is -2.19. The number of ether oxygens (including phenoxy) is 1. The lowest BCUT2D eigenvalue weighted by molar-refractivity contribution is -0.129. The molecule has 0 bridgehead atoms. The van der Waals surface area contributed by atoms with Gasteiger partial charge in [-0.15, -0.1) is 0 Å². The van der Waals surface area contributed by atoms with Gasteiger partial charge in [0.05, 0.1) is 13.7 Å². The molecule has 0 radical (unpaired) electrons. The summed E-state index contributed by atoms with van der Waals surface area (Å²) in [5.74, 6) is 1.70. The van der Waals surface area contributed by atoms with E-state index in [4.69, 9.17) is 4.74 Å². The van der Waals surface area contributed by atoms with Crippen molar-refractivity contribution in [2.45, 2.75) is 19.4 Å². The number of hydrogen-bond donors (Lipinski definition) is 1. The van der Waals surface area contributed by atoms with Crippen molar-refractivity contribution >= 4 is 21.8 Å². The summed E-state index contributed by atoms with van der Waals surface area (Å²) in [5.41, 5.74) is 1.000. The molecule has 5 heteroatoms. The zero-order valence-electron chi connectivity index (χ0n) is 12.0. The van der Waals surface area contributed by atoms with Crippen molar-refractivity contribution in [1.29, 1.82) is 0 Å². The fourth-order valence-corrected chi connectivity index (χ4v) is 2.46. The van der Waals surface area contributed by atoms with Gasteiger partial charge in [0.1, 0.15) is 5.75 Å². The molecule has 1 aromatic rings. The predicted octanol–water partition coefficient (Wildman–Crippen LogP) is 2.42. The molecule has 2 rings (SSSR count). The molecule has 0 atom stereocenters. The molecule has 0 spiro atoms. The van der Waals surface area contributed by atoms with E-state index in [9.17, 15) is 4.79 Å². The molecule has 0 aliphatic heterocycles. The fourth-order valence-electron chi connectivity index (χ4n) is 2.05. The Kier molecular flexibility index (Phi) is 5.43. The van der Waals surface area contributed by atoms with E-state index in [0.29, 0.717) is 13.1 Å². The van der Waals surface area contributed by atoms with E-state index in [2.05, 4.69) is 21.2 Å². The third kappa shape index (κ3) is 4.49. The number of nitrogens with zero attached hydrogens (tertiary/aromatic N) is 1. The van der Waals surface area contributed by atoms with Crippen LogP contribution in [0.2, 0.25) is 0 Å². The Morgan fingerprint density at radius 2 is 2.25 bits per heavy atom. The molecule has 1 fully saturated rings. The van der Waals surface area contributed by atoms with Crippen LogP contribution in [0.25, 0.3) is 0 Å². The predicted molar refractivity (Wildman–Crippen MR) is 82.8 cm³/mol. The van der Waals surface area contributed by atoms with E-state index in [1.807, 2.05) is 25.2 Å². The van der Waals surface area contributed by atoms with E-state index in [1.165, 1.54) is 12.8 Å². The molecular formula is C15H21BrN2O2. The molecule has 1 saturated carbocycles. The first-order valence-corrected chi connectivity index (χ1v) is 7.66. The summed E-state index contributed by atoms with van der Waals surface area (Å²) in [4.78, 5) is 13.8. The van der Waals surface area contributed by atoms with Gasteiger partial charge in [-0.05, 0) is 43.5 Å². The first kappa shape index (κ1) is 15.3. The number of methoxy groups -OCH3 is 1. The van der Waals surface area contributed by atoms with Crippen LogP contribution in [0.5, 0.6) is 5.75 Å². The summed E-state index contributed by atoms with van der Waals surface area (Å²) >= 11 is 3.45. The monoisotopic (exact) mass is 340 g/mol. The average Bonchev–Trinajstić information content (AvgIpc) is 3.23. The molecule has 4 nitrogen and oxygen atoms in total. The third-order valence-corrected chi connectivity index (χ3v) is 3.98. The Labute approximate surface area is 128 Å². The molecule has 110 valence electrons. The molecule has 1 amide bonds. The van der Waals surface area contributed by atoms with Gasteiger partial charge in [0.15, 0.2) is 0 Å². The van der Waals surface area contributed by atoms with E-state index in [1.54, 1.807) is 12.0 Å². The first-order chi connectivity index (χ1) is 9.60. The van der Waals surface area contributed by atoms with Gasteiger partial charge in [0, 0.05) is 23.6 Å². The number of amides is 1. The smallest absolute Gasteiger partial charge is 0.236 e. The molecule has 0 saturated heterocycles. The standard InChI is InChI=1S/C15H21BrN2O2/c1-18(15(19)9-17-8-11-3-4-11)10-12-7-13(16)5-6-14(12)20-2/h5-7,11,17H,3-4,8-10H2,1-2H3. The fraction of sp³-hybridized carbons (Fsp3) is 0.533. The van der Waals surface area contributed by atoms with Crippen molar-refractivity contribution in [3.63, 3.8) is 0 Å². The number of rotatable bonds is 7. The summed E-state index contributed by atoms with van der Waals surface area (Å²) in [6, 6.07) is 5.82. The Hall–Kier alpha value is -1.07. The minimum absolute atomic E-state index is 0.104. The first-order valence-electron chi connectivity index (χ1n) is 6.87. The second kappa shape index (κ2) is 7.09. The van der Waals surface area contributed by atoms with Gasteiger partial charge in [-0.2, -0.15) is 0 Å². The maximum atomic E-state index is 12.0. The molecule has 0 aromatic heterocycles. The molecular weight excluding hydrogens is 320 g/mol. The van der Waals surface area contributed by atoms with Crippen LogP contribution in [0.3, 0.4) is 0 Å². The summed E-state index contributed by atoms with van der Waals surface area (Å²) in [6.45, 7) is 1.91. The maximum absolute atomic E-state index is 12.0. The van der Waals surface area contributed by atoms with Crippen LogP contribution in [-0.2, 0) is 11.3 Å². The van der Waals surface area contributed by atoms with E-state index < -0.39 is 0 Å². The van der Waals surface area contributed by atoms with Crippen LogP contribution < -0.4 is 10.1 Å². The topological polar surface area (TPSA) is 41.6 Å². The number of hydrogen-bond acceptors (Lipinski definition) is 3. The van der Waals surface area contributed by atoms with Crippen molar-refractivity contribution < 1.29 is 9.53 Å². The molecule has 1 aliphatic rings. The van der Waals surface area contributed by atoms with E-state index in [0.717, 1.165) is 28.2 Å². The maximum Gasteiger partial charge on any atom is 0.236 e. The number of halogens is 1. The van der Waals surface area contributed by atoms with Crippen molar-refractivity contribution in [3.8, 4) is 5.75 Å². The minimum Gasteiger partial charge on any atom is -0.496 e. The normalized spacial score (nSPS) is 14.2. The highest BCUT2D eigenvalue weighted by molar-refractivity contribution is 9.10. The largest absolute Gasteiger partial charge is 0.496 e. The highest BCUT2D eigenvalue weighted by Crippen LogP contribution is 2.27. The number of carbonyl (C=O) groups excluding carboxylic acids is 1. The van der Waals surface area contributed by atoms with Crippen molar-refractivity contribution in [2.75, 3.05) is 27.2 Å². The van der Waals surface area contributed by atoms with Crippen molar-refractivity contribution in [3.05, 3.63) is 28.2 Å². The van der Waals surface area contributed by atoms with Crippen LogP contribution in [0.1, 0.15) is 18.4 Å². The van der Waals surface area contributed by atoms with Gasteiger partial charge >= 0.3 is 0 Å². The summed E-state index contributed by atoms with van der Waals surface area (Å²) in [5, 5.41) is 3.22. The number of benzene rings is 1. The summed E-state index contributed by atoms with van der Waals surface area (Å²) in [6.07, 6.45) is 2.60. The average molecular weight is 341 g/mol. The molecule has 0 heterocycles. The molecule has 1 N–H and O–H groups in total. The summed E-state index contributed by atoms with van der Waals surface area (Å²) in [7, 11) is 3.47. The highest BCUT2D eigenvalue weighted by atomic mass is 79.9. The highest BCUT2D eigenvalue weighted by Gasteiger charge is 2.21. The van der Waals surface area contributed by atoms with Gasteiger partial charge < -0.3 is 15.0 Å². The van der Waals surface area contributed by atoms with Gasteiger partial charge in [-0.25, -0.2) is 0 Å². The Morgan fingerprint density at radius 1 is 1.50 bits per heavy atom. The second-order valence-electron chi connectivity index (χ2n) is 5.28. The molecule has 0 unspecified atom stereocenters. The molecule has 1 aliphatic carbocycles. The molecule has 20 heavy (non-hydrogen) atoms. The third-order valence-electron chi connectivity index (χ3n) is 3.48. The zero-order valence-corrected chi connectivity index (χ0v) is 13.6. The van der Waals surface area contributed by atoms with Gasteiger partial charge in [0.2, 0.25) is 5.91 Å².